The molecule has 0 amide bonds. The predicted octanol–water partition coefficient (Wildman–Crippen LogP) is 3.15. The Hall–Kier alpha value is -0.540. The molecule has 1 aliphatic heterocycles. The average molecular weight is 478 g/mol. The molecule has 0 spiro atoms. The third-order valence-corrected chi connectivity index (χ3v) is 5.97. The summed E-state index contributed by atoms with van der Waals surface area (Å²) in [6.07, 6.45) is 5.28. The number of nitrogens with zero attached hydrogens (tertiary/aromatic N) is 3. The maximum Gasteiger partial charge on any atom is 0.194 e. The summed E-state index contributed by atoms with van der Waals surface area (Å²) in [5, 5.41) is 17.6. The second kappa shape index (κ2) is 9.97. The van der Waals surface area contributed by atoms with E-state index in [0.717, 1.165) is 64.4 Å². The Labute approximate surface area is 172 Å². The van der Waals surface area contributed by atoms with Crippen LogP contribution in [0.5, 0.6) is 0 Å². The van der Waals surface area contributed by atoms with Crippen molar-refractivity contribution in [1.29, 1.82) is 0 Å². The third-order valence-electron chi connectivity index (χ3n) is 5.04. The van der Waals surface area contributed by atoms with Gasteiger partial charge in [-0.1, -0.05) is 19.3 Å². The maximum atomic E-state index is 10.7. The largest absolute Gasteiger partial charge is 0.388 e. The molecule has 1 saturated heterocycles. The minimum atomic E-state index is -0.586. The number of halogens is 1. The van der Waals surface area contributed by atoms with Crippen LogP contribution < -0.4 is 10.2 Å². The molecule has 1 saturated carbocycles. The molecule has 0 atom stereocenters. The SMILES string of the molecule is CCNC(=NCC1(O)CCCCC1)N1CCN(c2cccs2)CC1.I. The summed E-state index contributed by atoms with van der Waals surface area (Å²) in [4.78, 5) is 9.56. The summed E-state index contributed by atoms with van der Waals surface area (Å²) >= 11 is 1.81. The van der Waals surface area contributed by atoms with Gasteiger partial charge < -0.3 is 20.2 Å². The number of hydrogen-bond acceptors (Lipinski definition) is 4. The summed E-state index contributed by atoms with van der Waals surface area (Å²) < 4.78 is 0. The lowest BCUT2D eigenvalue weighted by Gasteiger charge is -2.37. The van der Waals surface area contributed by atoms with Crippen LogP contribution in [-0.4, -0.2) is 60.8 Å². The molecule has 2 N–H and O–H groups in total. The average Bonchev–Trinajstić information content (AvgIpc) is 3.14. The highest BCUT2D eigenvalue weighted by Gasteiger charge is 2.29. The van der Waals surface area contributed by atoms with Gasteiger partial charge in [-0.25, -0.2) is 0 Å². The Morgan fingerprint density at radius 2 is 1.96 bits per heavy atom. The van der Waals surface area contributed by atoms with Gasteiger partial charge in [-0.2, -0.15) is 0 Å². The van der Waals surface area contributed by atoms with Crippen molar-refractivity contribution in [2.75, 3.05) is 44.2 Å². The second-order valence-corrected chi connectivity index (χ2v) is 7.81. The van der Waals surface area contributed by atoms with Gasteiger partial charge >= 0.3 is 0 Å². The van der Waals surface area contributed by atoms with Crippen molar-refractivity contribution in [3.05, 3.63) is 17.5 Å². The molecule has 0 bridgehead atoms. The van der Waals surface area contributed by atoms with E-state index in [0.29, 0.717) is 6.54 Å². The summed E-state index contributed by atoms with van der Waals surface area (Å²) in [5.41, 5.74) is -0.586. The van der Waals surface area contributed by atoms with Gasteiger partial charge in [0, 0.05) is 32.7 Å². The van der Waals surface area contributed by atoms with Crippen LogP contribution >= 0.6 is 35.3 Å². The van der Waals surface area contributed by atoms with Crippen molar-refractivity contribution in [3.63, 3.8) is 0 Å². The van der Waals surface area contributed by atoms with Crippen molar-refractivity contribution >= 4 is 46.3 Å². The lowest BCUT2D eigenvalue weighted by molar-refractivity contribution is 0.0129. The zero-order chi connectivity index (χ0) is 16.8. The first kappa shape index (κ1) is 20.8. The number of anilines is 1. The van der Waals surface area contributed by atoms with Crippen LogP contribution in [-0.2, 0) is 0 Å². The van der Waals surface area contributed by atoms with Crippen molar-refractivity contribution in [2.45, 2.75) is 44.6 Å². The molecule has 25 heavy (non-hydrogen) atoms. The van der Waals surface area contributed by atoms with Crippen molar-refractivity contribution in [2.24, 2.45) is 4.99 Å². The molecule has 2 heterocycles. The summed E-state index contributed by atoms with van der Waals surface area (Å²) in [7, 11) is 0. The molecule has 7 heteroatoms. The van der Waals surface area contributed by atoms with Gasteiger partial charge in [0.25, 0.3) is 0 Å². The molecular formula is C18H31IN4OS. The second-order valence-electron chi connectivity index (χ2n) is 6.88. The highest BCUT2D eigenvalue weighted by atomic mass is 127. The Bertz CT molecular complexity index is 523. The van der Waals surface area contributed by atoms with Gasteiger partial charge in [0.1, 0.15) is 0 Å². The van der Waals surface area contributed by atoms with Crippen molar-refractivity contribution < 1.29 is 5.11 Å². The molecule has 142 valence electrons. The number of rotatable bonds is 4. The normalized spacial score (nSPS) is 21.0. The van der Waals surface area contributed by atoms with Gasteiger partial charge in [-0.05, 0) is 37.3 Å². The number of nitrogens with one attached hydrogen (secondary N) is 1. The number of guanidine groups is 1. The quantitative estimate of drug-likeness (QED) is 0.397. The molecule has 3 rings (SSSR count). The van der Waals surface area contributed by atoms with Gasteiger partial charge in [-0.15, -0.1) is 35.3 Å². The lowest BCUT2D eigenvalue weighted by Crippen LogP contribution is -2.53. The zero-order valence-electron chi connectivity index (χ0n) is 15.1. The van der Waals surface area contributed by atoms with E-state index in [1.54, 1.807) is 11.3 Å². The van der Waals surface area contributed by atoms with E-state index in [-0.39, 0.29) is 24.0 Å². The van der Waals surface area contributed by atoms with Crippen molar-refractivity contribution in [3.8, 4) is 0 Å². The summed E-state index contributed by atoms with van der Waals surface area (Å²) in [6.45, 7) is 7.49. The van der Waals surface area contributed by atoms with E-state index in [1.807, 2.05) is 0 Å². The Balaban J connectivity index is 0.00000225. The van der Waals surface area contributed by atoms with E-state index in [1.165, 1.54) is 11.4 Å². The number of hydrogen-bond donors (Lipinski definition) is 2. The first-order valence-corrected chi connectivity index (χ1v) is 10.1. The van der Waals surface area contributed by atoms with Gasteiger partial charge in [-0.3, -0.25) is 4.99 Å². The Kier molecular flexibility index (Phi) is 8.28. The minimum Gasteiger partial charge on any atom is -0.388 e. The van der Waals surface area contributed by atoms with E-state index < -0.39 is 5.60 Å². The monoisotopic (exact) mass is 478 g/mol. The third kappa shape index (κ3) is 5.72. The van der Waals surface area contributed by atoms with Crippen LogP contribution in [0.4, 0.5) is 5.00 Å². The van der Waals surface area contributed by atoms with E-state index in [9.17, 15) is 5.11 Å². The molecule has 5 nitrogen and oxygen atoms in total. The summed E-state index contributed by atoms with van der Waals surface area (Å²) in [6, 6.07) is 4.31. The number of piperazine rings is 1. The Morgan fingerprint density at radius 3 is 2.56 bits per heavy atom. The van der Waals surface area contributed by atoms with Crippen LogP contribution in [0.25, 0.3) is 0 Å². The molecule has 0 unspecified atom stereocenters. The highest BCUT2D eigenvalue weighted by molar-refractivity contribution is 14.0. The standard InChI is InChI=1S/C18H30N4OS.HI/c1-2-19-17(20-15-18(23)8-4-3-5-9-18)22-12-10-21(11-13-22)16-7-6-14-24-16;/h6-7,14,23H,2-5,8-13,15H2,1H3,(H,19,20);1H. The molecule has 1 aromatic heterocycles. The number of aliphatic hydroxyl groups is 1. The molecule has 2 fully saturated rings. The maximum absolute atomic E-state index is 10.7. The van der Waals surface area contributed by atoms with Crippen LogP contribution in [0, 0.1) is 0 Å². The topological polar surface area (TPSA) is 51.1 Å². The first-order valence-electron chi connectivity index (χ1n) is 9.24. The molecule has 0 radical (unpaired) electrons. The Morgan fingerprint density at radius 1 is 1.24 bits per heavy atom. The fraction of sp³-hybridized carbons (Fsp3) is 0.722. The van der Waals surface area contributed by atoms with Gasteiger partial charge in [0.15, 0.2) is 5.96 Å². The number of thiophene rings is 1. The molecule has 1 aromatic rings. The van der Waals surface area contributed by atoms with E-state index >= 15 is 0 Å². The fourth-order valence-electron chi connectivity index (χ4n) is 3.60. The molecular weight excluding hydrogens is 447 g/mol. The molecule has 1 aliphatic carbocycles. The molecule has 2 aliphatic rings. The van der Waals surface area contributed by atoms with Crippen LogP contribution in [0.1, 0.15) is 39.0 Å². The lowest BCUT2D eigenvalue weighted by atomic mass is 9.85. The predicted molar refractivity (Wildman–Crippen MR) is 118 cm³/mol. The smallest absolute Gasteiger partial charge is 0.194 e. The van der Waals surface area contributed by atoms with E-state index in [4.69, 9.17) is 4.99 Å². The van der Waals surface area contributed by atoms with E-state index in [2.05, 4.69) is 39.6 Å². The number of aliphatic imine (C=N–C) groups is 1. The summed E-state index contributed by atoms with van der Waals surface area (Å²) in [5.74, 6) is 0.960. The van der Waals surface area contributed by atoms with Gasteiger partial charge in [0.05, 0.1) is 17.1 Å². The fourth-order valence-corrected chi connectivity index (χ4v) is 4.39. The first-order chi connectivity index (χ1) is 11.7. The highest BCUT2D eigenvalue weighted by Crippen LogP contribution is 2.28. The molecule has 0 aromatic carbocycles. The van der Waals surface area contributed by atoms with Gasteiger partial charge in [0.2, 0.25) is 0 Å². The van der Waals surface area contributed by atoms with Crippen LogP contribution in [0.2, 0.25) is 0 Å². The van der Waals surface area contributed by atoms with Crippen LogP contribution in [0.15, 0.2) is 22.5 Å². The van der Waals surface area contributed by atoms with Crippen LogP contribution in [0.3, 0.4) is 0 Å². The zero-order valence-corrected chi connectivity index (χ0v) is 18.3. The van der Waals surface area contributed by atoms with Crippen molar-refractivity contribution in [1.82, 2.24) is 10.2 Å². The minimum absolute atomic E-state index is 0.